The van der Waals surface area contributed by atoms with Crippen molar-refractivity contribution in [2.24, 2.45) is 5.92 Å². The number of Topliss-reactive ketones (excluding diaryl/α,β-unsaturated/α-hetero) is 1. The van der Waals surface area contributed by atoms with Gasteiger partial charge in [0, 0.05) is 17.1 Å². The summed E-state index contributed by atoms with van der Waals surface area (Å²) in [6.45, 7) is 1.91. The van der Waals surface area contributed by atoms with E-state index in [0.717, 1.165) is 16.7 Å². The summed E-state index contributed by atoms with van der Waals surface area (Å²) in [6, 6.07) is 12.3. The molecule has 6 heteroatoms. The maximum absolute atomic E-state index is 13.3. The van der Waals surface area contributed by atoms with Gasteiger partial charge in [0.05, 0.1) is 28.5 Å². The number of hydrogen-bond acceptors (Lipinski definition) is 4. The summed E-state index contributed by atoms with van der Waals surface area (Å²) >= 11 is 0. The van der Waals surface area contributed by atoms with Gasteiger partial charge in [-0.1, -0.05) is 29.8 Å². The first-order valence-electron chi connectivity index (χ1n) is 9.33. The van der Waals surface area contributed by atoms with E-state index in [-0.39, 0.29) is 28.8 Å². The van der Waals surface area contributed by atoms with Crippen LogP contribution >= 0.6 is 0 Å². The van der Waals surface area contributed by atoms with E-state index in [4.69, 9.17) is 4.74 Å². The van der Waals surface area contributed by atoms with Gasteiger partial charge in [0.15, 0.2) is 5.78 Å². The summed E-state index contributed by atoms with van der Waals surface area (Å²) in [5, 5.41) is 0.716. The highest BCUT2D eigenvalue weighted by atomic mass is 32.2. The molecule has 3 atom stereocenters. The summed E-state index contributed by atoms with van der Waals surface area (Å²) < 4.78 is 33.9. The van der Waals surface area contributed by atoms with Gasteiger partial charge in [-0.15, -0.1) is 0 Å². The van der Waals surface area contributed by atoms with E-state index in [1.54, 1.807) is 30.3 Å². The normalized spacial score (nSPS) is 25.2. The number of benzene rings is 2. The standard InChI is InChI=1S/C22H17NO4S/c1-12-5-7-14(8-6-12)28(25,26)23-11-18-20-15(3-2-4-19(20)23)16-9-13-10-17(21(18)24)22(16)27-13/h2-9,11,13,17,22H,10H2,1H3/t13-,17+,22-/m0/s1. The molecule has 1 saturated heterocycles. The van der Waals surface area contributed by atoms with Gasteiger partial charge in [0.1, 0.15) is 0 Å². The maximum Gasteiger partial charge on any atom is 0.268 e. The molecule has 2 aliphatic heterocycles. The van der Waals surface area contributed by atoms with Crippen LogP contribution in [0.4, 0.5) is 0 Å². The second-order valence-electron chi connectivity index (χ2n) is 7.78. The molecule has 5 nitrogen and oxygen atoms in total. The zero-order chi connectivity index (χ0) is 19.2. The van der Waals surface area contributed by atoms with Crippen LogP contribution in [-0.4, -0.2) is 30.4 Å². The van der Waals surface area contributed by atoms with E-state index in [1.807, 2.05) is 19.1 Å². The Morgan fingerprint density at radius 1 is 1.07 bits per heavy atom. The predicted octanol–water partition coefficient (Wildman–Crippen LogP) is 3.55. The topological polar surface area (TPSA) is 65.4 Å². The fraction of sp³-hybridized carbons (Fsp3) is 0.227. The van der Waals surface area contributed by atoms with Crippen LogP contribution in [0, 0.1) is 12.8 Å². The van der Waals surface area contributed by atoms with Crippen LogP contribution in [0.25, 0.3) is 16.5 Å². The lowest BCUT2D eigenvalue weighted by Gasteiger charge is -2.17. The number of aromatic nitrogens is 1. The van der Waals surface area contributed by atoms with E-state index < -0.39 is 10.0 Å². The van der Waals surface area contributed by atoms with Crippen LogP contribution < -0.4 is 0 Å². The van der Waals surface area contributed by atoms with Crippen molar-refractivity contribution in [1.29, 1.82) is 0 Å². The smallest absolute Gasteiger partial charge is 0.268 e. The number of carbonyl (C=O) groups excluding carboxylic acids is 1. The monoisotopic (exact) mass is 391 g/mol. The number of ketones is 1. The molecule has 0 amide bonds. The van der Waals surface area contributed by atoms with Gasteiger partial charge in [-0.05, 0) is 48.8 Å². The van der Waals surface area contributed by atoms with Gasteiger partial charge in [0.2, 0.25) is 0 Å². The molecule has 140 valence electrons. The average Bonchev–Trinajstić information content (AvgIpc) is 3.38. The fourth-order valence-corrected chi connectivity index (χ4v) is 6.16. The highest BCUT2D eigenvalue weighted by molar-refractivity contribution is 7.90. The molecule has 1 aromatic heterocycles. The third-order valence-corrected chi connectivity index (χ3v) is 7.82. The highest BCUT2D eigenvalue weighted by Gasteiger charge is 2.49. The van der Waals surface area contributed by atoms with Crippen molar-refractivity contribution >= 4 is 32.3 Å². The second-order valence-corrected chi connectivity index (χ2v) is 9.59. The maximum atomic E-state index is 13.3. The van der Waals surface area contributed by atoms with Crippen LogP contribution in [0.15, 0.2) is 59.6 Å². The second kappa shape index (κ2) is 5.21. The van der Waals surface area contributed by atoms with Gasteiger partial charge >= 0.3 is 0 Å². The van der Waals surface area contributed by atoms with Gasteiger partial charge in [-0.25, -0.2) is 12.4 Å². The Labute approximate surface area is 162 Å². The number of hydrogen-bond donors (Lipinski definition) is 0. The molecular formula is C22H17NO4S. The Bertz CT molecular complexity index is 1310. The molecule has 1 aliphatic carbocycles. The zero-order valence-electron chi connectivity index (χ0n) is 15.1. The minimum absolute atomic E-state index is 0.0170. The molecule has 6 rings (SSSR count). The van der Waals surface area contributed by atoms with Crippen LogP contribution in [0.2, 0.25) is 0 Å². The van der Waals surface area contributed by atoms with E-state index in [9.17, 15) is 13.2 Å². The summed E-state index contributed by atoms with van der Waals surface area (Å²) in [7, 11) is -3.81. The molecule has 0 N–H and O–H groups in total. The Balaban J connectivity index is 1.66. The van der Waals surface area contributed by atoms with Gasteiger partial charge < -0.3 is 4.74 Å². The summed E-state index contributed by atoms with van der Waals surface area (Å²) in [6.07, 6.45) is 4.03. The van der Waals surface area contributed by atoms with Gasteiger partial charge in [0.25, 0.3) is 10.0 Å². The first kappa shape index (κ1) is 16.3. The molecule has 2 aromatic carbocycles. The van der Waals surface area contributed by atoms with Gasteiger partial charge in [-0.3, -0.25) is 4.79 Å². The quantitative estimate of drug-likeness (QED) is 0.670. The molecule has 3 heterocycles. The van der Waals surface area contributed by atoms with E-state index >= 15 is 0 Å². The first-order valence-corrected chi connectivity index (χ1v) is 10.8. The Hall–Kier alpha value is -2.70. The van der Waals surface area contributed by atoms with Crippen molar-refractivity contribution in [3.63, 3.8) is 0 Å². The molecular weight excluding hydrogens is 374 g/mol. The average molecular weight is 391 g/mol. The zero-order valence-corrected chi connectivity index (χ0v) is 15.9. The lowest BCUT2D eigenvalue weighted by atomic mass is 9.85. The summed E-state index contributed by atoms with van der Waals surface area (Å²) in [5.74, 6) is -0.260. The van der Waals surface area contributed by atoms with E-state index in [2.05, 4.69) is 6.08 Å². The summed E-state index contributed by atoms with van der Waals surface area (Å²) in [5.41, 5.74) is 3.93. The van der Waals surface area contributed by atoms with Crippen LogP contribution in [0.5, 0.6) is 0 Å². The molecule has 3 aliphatic rings. The van der Waals surface area contributed by atoms with Crippen LogP contribution in [-0.2, 0) is 14.8 Å². The third kappa shape index (κ3) is 1.94. The lowest BCUT2D eigenvalue weighted by Crippen LogP contribution is -2.24. The number of rotatable bonds is 2. The minimum atomic E-state index is -3.81. The molecule has 3 aromatic rings. The molecule has 2 bridgehead atoms. The summed E-state index contributed by atoms with van der Waals surface area (Å²) in [4.78, 5) is 13.5. The molecule has 28 heavy (non-hydrogen) atoms. The molecule has 0 unspecified atom stereocenters. The number of nitrogens with zero attached hydrogens (tertiary/aromatic N) is 1. The third-order valence-electron chi connectivity index (χ3n) is 6.13. The lowest BCUT2D eigenvalue weighted by molar-refractivity contribution is 0.0825. The van der Waals surface area contributed by atoms with Crippen molar-refractivity contribution in [1.82, 2.24) is 3.97 Å². The minimum Gasteiger partial charge on any atom is -0.365 e. The molecule has 1 fully saturated rings. The van der Waals surface area contributed by atoms with Crippen LogP contribution in [0.3, 0.4) is 0 Å². The van der Waals surface area contributed by atoms with E-state index in [0.29, 0.717) is 22.9 Å². The van der Waals surface area contributed by atoms with Gasteiger partial charge in [-0.2, -0.15) is 0 Å². The SMILES string of the molecule is Cc1ccc(S(=O)(=O)n2cc3c4c(cccc42)C2=C[C@H]4C[C@H](C3=O)[C@H]2O4)cc1. The largest absolute Gasteiger partial charge is 0.365 e. The van der Waals surface area contributed by atoms with Crippen molar-refractivity contribution in [2.75, 3.05) is 0 Å². The van der Waals surface area contributed by atoms with Crippen molar-refractivity contribution in [3.05, 3.63) is 71.4 Å². The van der Waals surface area contributed by atoms with Crippen molar-refractivity contribution in [3.8, 4) is 0 Å². The number of fused-ring (bicyclic) bond motifs is 2. The van der Waals surface area contributed by atoms with Crippen LogP contribution in [0.1, 0.15) is 27.9 Å². The Morgan fingerprint density at radius 3 is 2.61 bits per heavy atom. The highest BCUT2D eigenvalue weighted by Crippen LogP contribution is 2.49. The van der Waals surface area contributed by atoms with Crippen molar-refractivity contribution < 1.29 is 17.9 Å². The van der Waals surface area contributed by atoms with Crippen molar-refractivity contribution in [2.45, 2.75) is 30.4 Å². The Kier molecular flexibility index (Phi) is 3.03. The molecule has 0 radical (unpaired) electrons. The fourth-order valence-electron chi connectivity index (χ4n) is 4.80. The first-order chi connectivity index (χ1) is 13.4. The number of aryl methyl sites for hydroxylation is 1. The number of carbonyl (C=O) groups is 1. The molecule has 0 saturated carbocycles. The number of ether oxygens (including phenoxy) is 1. The molecule has 0 spiro atoms. The predicted molar refractivity (Wildman–Crippen MR) is 105 cm³/mol. The van der Waals surface area contributed by atoms with E-state index in [1.165, 1.54) is 10.2 Å². The Morgan fingerprint density at radius 2 is 1.86 bits per heavy atom.